The first kappa shape index (κ1) is 11.7. The van der Waals surface area contributed by atoms with Gasteiger partial charge in [-0.1, -0.05) is 17.7 Å². The van der Waals surface area contributed by atoms with Gasteiger partial charge in [-0.2, -0.15) is 0 Å². The summed E-state index contributed by atoms with van der Waals surface area (Å²) in [7, 11) is 0. The maximum Gasteiger partial charge on any atom is 0.122 e. The van der Waals surface area contributed by atoms with Gasteiger partial charge in [0.15, 0.2) is 0 Å². The van der Waals surface area contributed by atoms with E-state index in [0.29, 0.717) is 6.54 Å². The molecule has 4 heteroatoms. The van der Waals surface area contributed by atoms with Gasteiger partial charge in [0.25, 0.3) is 0 Å². The van der Waals surface area contributed by atoms with Crippen molar-refractivity contribution in [1.29, 1.82) is 0 Å². The molecular formula is C10H12ClFNS-. The normalized spacial score (nSPS) is 10.5. The van der Waals surface area contributed by atoms with E-state index >= 15 is 0 Å². The van der Waals surface area contributed by atoms with Crippen molar-refractivity contribution < 1.29 is 4.39 Å². The molecule has 1 aromatic rings. The largest absolute Gasteiger partial charge is 0.777 e. The van der Waals surface area contributed by atoms with Crippen LogP contribution in [-0.4, -0.2) is 6.54 Å². The number of halogens is 2. The Balaban J connectivity index is 2.69. The molecule has 0 bridgehead atoms. The van der Waals surface area contributed by atoms with Gasteiger partial charge < -0.3 is 18.4 Å². The summed E-state index contributed by atoms with van der Waals surface area (Å²) in [6.07, 6.45) is 2.79. The van der Waals surface area contributed by atoms with E-state index in [1.807, 2.05) is 0 Å². The van der Waals surface area contributed by atoms with Crippen LogP contribution in [0.1, 0.15) is 18.4 Å². The summed E-state index contributed by atoms with van der Waals surface area (Å²) in [5.74, 6) is -0.496. The molecule has 0 aliphatic heterocycles. The molecule has 0 radical (unpaired) electrons. The summed E-state index contributed by atoms with van der Waals surface area (Å²) in [6, 6.07) is 3.29. The predicted molar refractivity (Wildman–Crippen MR) is 59.0 cm³/mol. The lowest BCUT2D eigenvalue weighted by atomic mass is 10.1. The summed E-state index contributed by atoms with van der Waals surface area (Å²) in [5.41, 5.74) is 6.35. The minimum atomic E-state index is -0.496. The van der Waals surface area contributed by atoms with E-state index in [1.54, 1.807) is 12.1 Å². The van der Waals surface area contributed by atoms with Crippen LogP contribution >= 0.6 is 11.6 Å². The maximum atomic E-state index is 13.0. The number of nitrogens with two attached hydrogens (primary N) is 1. The molecule has 1 aromatic carbocycles. The zero-order chi connectivity index (χ0) is 10.6. The topological polar surface area (TPSA) is 26.0 Å². The standard InChI is InChI=1S/C10H13ClFNS/c11-8-5-7(3-1-2-4-13)6-9(14)10(8)12/h5-6,14H,1-4,13H2/p-1. The van der Waals surface area contributed by atoms with Gasteiger partial charge in [-0.25, -0.2) is 4.39 Å². The van der Waals surface area contributed by atoms with E-state index in [9.17, 15) is 4.39 Å². The van der Waals surface area contributed by atoms with Crippen LogP contribution in [-0.2, 0) is 19.0 Å². The van der Waals surface area contributed by atoms with Crippen molar-refractivity contribution in [3.05, 3.63) is 28.5 Å². The van der Waals surface area contributed by atoms with Crippen LogP contribution in [0.25, 0.3) is 0 Å². The van der Waals surface area contributed by atoms with Gasteiger partial charge in [-0.15, -0.1) is 4.90 Å². The van der Waals surface area contributed by atoms with Crippen molar-refractivity contribution in [3.8, 4) is 0 Å². The first-order valence-corrected chi connectivity index (χ1v) is 5.28. The predicted octanol–water partition coefficient (Wildman–Crippen LogP) is 2.67. The molecule has 1 rings (SSSR count). The third-order valence-corrected chi connectivity index (χ3v) is 2.55. The van der Waals surface area contributed by atoms with Gasteiger partial charge in [-0.05, 0) is 37.4 Å². The second-order valence-electron chi connectivity index (χ2n) is 3.14. The lowest BCUT2D eigenvalue weighted by molar-refractivity contribution is 0.601. The molecule has 0 heterocycles. The van der Waals surface area contributed by atoms with Crippen molar-refractivity contribution in [2.24, 2.45) is 5.73 Å². The zero-order valence-electron chi connectivity index (χ0n) is 7.72. The number of hydrogen-bond donors (Lipinski definition) is 1. The lowest BCUT2D eigenvalue weighted by Crippen LogP contribution is -1.99. The Morgan fingerprint density at radius 2 is 2.07 bits per heavy atom. The van der Waals surface area contributed by atoms with Gasteiger partial charge in [-0.3, -0.25) is 0 Å². The summed E-state index contributed by atoms with van der Waals surface area (Å²) in [5, 5.41) is 0.111. The van der Waals surface area contributed by atoms with Crippen LogP contribution in [0.4, 0.5) is 4.39 Å². The highest BCUT2D eigenvalue weighted by atomic mass is 35.5. The number of aryl methyl sites for hydroxylation is 1. The highest BCUT2D eigenvalue weighted by Crippen LogP contribution is 2.21. The Morgan fingerprint density at radius 3 is 2.64 bits per heavy atom. The Bertz CT molecular complexity index is 294. The second-order valence-corrected chi connectivity index (χ2v) is 3.98. The van der Waals surface area contributed by atoms with E-state index in [-0.39, 0.29) is 9.92 Å². The molecule has 0 fully saturated rings. The fourth-order valence-electron chi connectivity index (χ4n) is 1.24. The quantitative estimate of drug-likeness (QED) is 0.638. The fraction of sp³-hybridized carbons (Fsp3) is 0.400. The lowest BCUT2D eigenvalue weighted by Gasteiger charge is -2.11. The third kappa shape index (κ3) is 3.08. The molecule has 0 saturated carbocycles. The van der Waals surface area contributed by atoms with Crippen molar-refractivity contribution in [1.82, 2.24) is 0 Å². The number of hydrogen-bond acceptors (Lipinski definition) is 2. The molecule has 14 heavy (non-hydrogen) atoms. The average Bonchev–Trinajstić information content (AvgIpc) is 2.14. The molecule has 78 valence electrons. The van der Waals surface area contributed by atoms with Gasteiger partial charge in [0.05, 0.1) is 5.02 Å². The van der Waals surface area contributed by atoms with Crippen molar-refractivity contribution in [2.45, 2.75) is 24.2 Å². The number of benzene rings is 1. The van der Waals surface area contributed by atoms with Crippen molar-refractivity contribution in [2.75, 3.05) is 6.54 Å². The first-order chi connectivity index (χ1) is 6.65. The molecule has 0 atom stereocenters. The fourth-order valence-corrected chi connectivity index (χ4v) is 1.79. The highest BCUT2D eigenvalue weighted by molar-refractivity contribution is 7.58. The number of unbranched alkanes of at least 4 members (excludes halogenated alkanes) is 1. The molecule has 0 aromatic heterocycles. The molecule has 2 N–H and O–H groups in total. The molecule has 0 saturated heterocycles. The molecule has 0 aliphatic carbocycles. The zero-order valence-corrected chi connectivity index (χ0v) is 9.30. The molecule has 1 nitrogen and oxygen atoms in total. The summed E-state index contributed by atoms with van der Waals surface area (Å²) < 4.78 is 13.0. The number of rotatable bonds is 4. The van der Waals surface area contributed by atoms with Gasteiger partial charge in [0, 0.05) is 0 Å². The van der Waals surface area contributed by atoms with Gasteiger partial charge in [0.1, 0.15) is 5.82 Å². The first-order valence-electron chi connectivity index (χ1n) is 4.50. The maximum absolute atomic E-state index is 13.0. The van der Waals surface area contributed by atoms with Crippen molar-refractivity contribution in [3.63, 3.8) is 0 Å². The minimum Gasteiger partial charge on any atom is -0.777 e. The van der Waals surface area contributed by atoms with E-state index in [2.05, 4.69) is 0 Å². The van der Waals surface area contributed by atoms with Crippen LogP contribution in [0.15, 0.2) is 17.0 Å². The van der Waals surface area contributed by atoms with Crippen LogP contribution in [0.3, 0.4) is 0 Å². The smallest absolute Gasteiger partial charge is 0.122 e. The monoisotopic (exact) mass is 232 g/mol. The Hall–Kier alpha value is -0.380. The molecule has 0 aliphatic rings. The third-order valence-electron chi connectivity index (χ3n) is 1.97. The van der Waals surface area contributed by atoms with Crippen LogP contribution in [0.5, 0.6) is 0 Å². The molecular weight excluding hydrogens is 221 g/mol. The minimum absolute atomic E-state index is 0.111. The Labute approximate surface area is 93.9 Å². The SMILES string of the molecule is NCCCCc1cc([S-])c(F)c(Cl)c1. The summed E-state index contributed by atoms with van der Waals surface area (Å²) in [4.78, 5) is 0.195. The van der Waals surface area contributed by atoms with E-state index in [4.69, 9.17) is 30.0 Å². The summed E-state index contributed by atoms with van der Waals surface area (Å²) >= 11 is 10.5. The van der Waals surface area contributed by atoms with Gasteiger partial charge in [0.2, 0.25) is 0 Å². The Kier molecular flexibility index (Phi) is 4.58. The van der Waals surface area contributed by atoms with E-state index < -0.39 is 5.82 Å². The van der Waals surface area contributed by atoms with Crippen LogP contribution in [0.2, 0.25) is 5.02 Å². The van der Waals surface area contributed by atoms with Crippen molar-refractivity contribution >= 4 is 24.2 Å². The van der Waals surface area contributed by atoms with E-state index in [1.165, 1.54) is 0 Å². The van der Waals surface area contributed by atoms with Gasteiger partial charge >= 0.3 is 0 Å². The van der Waals surface area contributed by atoms with E-state index in [0.717, 1.165) is 24.8 Å². The summed E-state index contributed by atoms with van der Waals surface area (Å²) in [6.45, 7) is 0.676. The average molecular weight is 233 g/mol. The Morgan fingerprint density at radius 1 is 1.36 bits per heavy atom. The van der Waals surface area contributed by atoms with Crippen LogP contribution in [0, 0.1) is 5.82 Å². The second kappa shape index (κ2) is 5.49. The molecule has 0 amide bonds. The molecule has 0 spiro atoms. The van der Waals surface area contributed by atoms with Crippen LogP contribution < -0.4 is 5.73 Å². The highest BCUT2D eigenvalue weighted by Gasteiger charge is 2.01. The molecule has 0 unspecified atom stereocenters.